The van der Waals surface area contributed by atoms with Crippen LogP contribution in [-0.4, -0.2) is 62.5 Å². The van der Waals surface area contributed by atoms with E-state index in [0.29, 0.717) is 65.6 Å². The van der Waals surface area contributed by atoms with Crippen molar-refractivity contribution in [3.05, 3.63) is 78.1 Å². The van der Waals surface area contributed by atoms with E-state index in [1.165, 1.54) is 4.31 Å². The molecular weight excluding hydrogens is 540 g/mol. The van der Waals surface area contributed by atoms with E-state index in [4.69, 9.17) is 14.5 Å². The Bertz CT molecular complexity index is 1650. The van der Waals surface area contributed by atoms with Gasteiger partial charge in [-0.25, -0.2) is 13.4 Å². The maximum absolute atomic E-state index is 13.6. The Morgan fingerprint density at radius 2 is 1.71 bits per heavy atom. The van der Waals surface area contributed by atoms with Crippen molar-refractivity contribution in [3.63, 3.8) is 0 Å². The molecule has 9 nitrogen and oxygen atoms in total. The number of hydrogen-bond acceptors (Lipinski definition) is 7. The molecule has 0 saturated carbocycles. The Morgan fingerprint density at radius 3 is 2.41 bits per heavy atom. The predicted octanol–water partition coefficient (Wildman–Crippen LogP) is 4.71. The lowest BCUT2D eigenvalue weighted by molar-refractivity contribution is 0.0955. The summed E-state index contributed by atoms with van der Waals surface area (Å²) in [4.78, 5) is 22.6. The van der Waals surface area contributed by atoms with Crippen molar-refractivity contribution in [2.45, 2.75) is 31.1 Å². The number of carbonyl (C=O) groups is 1. The number of nitrogens with one attached hydrogen (secondary N) is 1. The van der Waals surface area contributed by atoms with Crippen molar-refractivity contribution >= 4 is 26.8 Å². The van der Waals surface area contributed by atoms with Gasteiger partial charge in [-0.1, -0.05) is 13.0 Å². The van der Waals surface area contributed by atoms with E-state index in [1.54, 1.807) is 50.9 Å². The number of hydrogen-bond donors (Lipinski definition) is 1. The number of pyridine rings is 2. The first kappa shape index (κ1) is 28.5. The van der Waals surface area contributed by atoms with Gasteiger partial charge in [0.15, 0.2) is 11.5 Å². The summed E-state index contributed by atoms with van der Waals surface area (Å²) in [6, 6.07) is 15.8. The van der Waals surface area contributed by atoms with Gasteiger partial charge >= 0.3 is 0 Å². The summed E-state index contributed by atoms with van der Waals surface area (Å²) in [6.07, 6.45) is 5.56. The van der Waals surface area contributed by atoms with Crippen molar-refractivity contribution in [2.24, 2.45) is 5.92 Å². The van der Waals surface area contributed by atoms with Crippen LogP contribution in [0, 0.1) is 5.92 Å². The number of benzene rings is 2. The normalized spacial score (nSPS) is 14.6. The first-order valence-electron chi connectivity index (χ1n) is 13.6. The zero-order chi connectivity index (χ0) is 29.0. The highest BCUT2D eigenvalue weighted by molar-refractivity contribution is 7.89. The lowest BCUT2D eigenvalue weighted by Gasteiger charge is -2.29. The number of nitrogens with zero attached hydrogens (tertiary/aromatic N) is 3. The van der Waals surface area contributed by atoms with E-state index in [2.05, 4.69) is 17.2 Å². The molecule has 1 amide bonds. The average Bonchev–Trinajstić information content (AvgIpc) is 3.00. The molecule has 0 unspecified atom stereocenters. The molecule has 0 atom stereocenters. The van der Waals surface area contributed by atoms with Crippen LogP contribution < -0.4 is 14.8 Å². The SMILES string of the molecule is COc1ccc(CCNC(=O)c2cc(-c3ccncc3)nc3ccc(S(=O)(=O)N4CCC(C)CC4)cc23)cc1OC. The number of methoxy groups -OCH3 is 2. The number of carbonyl (C=O) groups excluding carboxylic acids is 1. The fraction of sp³-hybridized carbons (Fsp3) is 0.323. The Labute approximate surface area is 240 Å². The highest BCUT2D eigenvalue weighted by Gasteiger charge is 2.29. The van der Waals surface area contributed by atoms with Gasteiger partial charge in [-0.05, 0) is 79.3 Å². The van der Waals surface area contributed by atoms with E-state index in [1.807, 2.05) is 30.3 Å². The van der Waals surface area contributed by atoms with E-state index < -0.39 is 10.0 Å². The summed E-state index contributed by atoms with van der Waals surface area (Å²) in [7, 11) is -0.538. The van der Waals surface area contributed by atoms with Crippen molar-refractivity contribution in [3.8, 4) is 22.8 Å². The number of aromatic nitrogens is 2. The van der Waals surface area contributed by atoms with Crippen LogP contribution in [0.2, 0.25) is 0 Å². The number of ether oxygens (including phenoxy) is 2. The van der Waals surface area contributed by atoms with Crippen LogP contribution in [0.5, 0.6) is 11.5 Å². The van der Waals surface area contributed by atoms with E-state index >= 15 is 0 Å². The molecule has 1 fully saturated rings. The van der Waals surface area contributed by atoms with Crippen LogP contribution in [-0.2, 0) is 16.4 Å². The second kappa shape index (κ2) is 12.2. The number of piperidine rings is 1. The van der Waals surface area contributed by atoms with E-state index in [-0.39, 0.29) is 10.8 Å². The highest BCUT2D eigenvalue weighted by Crippen LogP contribution is 2.30. The van der Waals surface area contributed by atoms with Crippen LogP contribution >= 0.6 is 0 Å². The minimum atomic E-state index is -3.70. The predicted molar refractivity (Wildman–Crippen MR) is 158 cm³/mol. The summed E-state index contributed by atoms with van der Waals surface area (Å²) in [5.41, 5.74) is 3.28. The largest absolute Gasteiger partial charge is 0.493 e. The van der Waals surface area contributed by atoms with Crippen molar-refractivity contribution in [1.29, 1.82) is 0 Å². The molecule has 10 heteroatoms. The molecule has 4 aromatic rings. The van der Waals surface area contributed by atoms with Crippen LogP contribution in [0.25, 0.3) is 22.2 Å². The zero-order valence-corrected chi connectivity index (χ0v) is 24.3. The minimum absolute atomic E-state index is 0.164. The number of sulfonamides is 1. The minimum Gasteiger partial charge on any atom is -0.493 e. The number of fused-ring (bicyclic) bond motifs is 1. The van der Waals surface area contributed by atoms with Crippen LogP contribution in [0.15, 0.2) is 71.9 Å². The summed E-state index contributed by atoms with van der Waals surface area (Å²) < 4.78 is 39.3. The third-order valence-corrected chi connectivity index (χ3v) is 9.42. The third kappa shape index (κ3) is 6.18. The van der Waals surface area contributed by atoms with Crippen molar-refractivity contribution in [2.75, 3.05) is 33.9 Å². The molecule has 1 aliphatic heterocycles. The first-order chi connectivity index (χ1) is 19.8. The molecule has 0 bridgehead atoms. The molecule has 1 aliphatic rings. The molecule has 0 radical (unpaired) electrons. The maximum Gasteiger partial charge on any atom is 0.252 e. The Morgan fingerprint density at radius 1 is 0.976 bits per heavy atom. The van der Waals surface area contributed by atoms with Crippen LogP contribution in [0.1, 0.15) is 35.7 Å². The van der Waals surface area contributed by atoms with Gasteiger partial charge in [0.1, 0.15) is 0 Å². The summed E-state index contributed by atoms with van der Waals surface area (Å²) in [5.74, 6) is 1.45. The van der Waals surface area contributed by atoms with Gasteiger partial charge in [-0.2, -0.15) is 4.31 Å². The molecule has 0 aliphatic carbocycles. The monoisotopic (exact) mass is 574 g/mol. The summed E-state index contributed by atoms with van der Waals surface area (Å²) in [6.45, 7) is 3.49. The summed E-state index contributed by atoms with van der Waals surface area (Å²) >= 11 is 0. The van der Waals surface area contributed by atoms with Gasteiger partial charge in [0, 0.05) is 43.0 Å². The standard InChI is InChI=1S/C31H34N4O5S/c1-21-11-16-35(17-12-21)41(37,38)24-5-6-27-25(19-24)26(20-28(34-27)23-9-13-32-14-10-23)31(36)33-15-8-22-4-7-29(39-2)30(18-22)40-3/h4-7,9-10,13-14,18-21H,8,11-12,15-17H2,1-3H3,(H,33,36). The fourth-order valence-corrected chi connectivity index (χ4v) is 6.55. The molecule has 1 N–H and O–H groups in total. The lowest BCUT2D eigenvalue weighted by Crippen LogP contribution is -2.37. The zero-order valence-electron chi connectivity index (χ0n) is 23.5. The molecule has 5 rings (SSSR count). The van der Waals surface area contributed by atoms with Crippen molar-refractivity contribution in [1.82, 2.24) is 19.6 Å². The molecule has 2 aromatic carbocycles. The highest BCUT2D eigenvalue weighted by atomic mass is 32.2. The lowest BCUT2D eigenvalue weighted by atomic mass is 10.0. The molecule has 214 valence electrons. The first-order valence-corrected chi connectivity index (χ1v) is 15.1. The fourth-order valence-electron chi connectivity index (χ4n) is 5.05. The molecule has 41 heavy (non-hydrogen) atoms. The van der Waals surface area contributed by atoms with Gasteiger partial charge in [0.05, 0.1) is 35.9 Å². The second-order valence-electron chi connectivity index (χ2n) is 10.3. The number of amides is 1. The average molecular weight is 575 g/mol. The van der Waals surface area contributed by atoms with Gasteiger partial charge in [-0.3, -0.25) is 9.78 Å². The van der Waals surface area contributed by atoms with Gasteiger partial charge < -0.3 is 14.8 Å². The molecular formula is C31H34N4O5S. The quantitative estimate of drug-likeness (QED) is 0.308. The Kier molecular flexibility index (Phi) is 8.51. The Hall–Kier alpha value is -4.02. The second-order valence-corrected chi connectivity index (χ2v) is 12.2. The molecule has 0 spiro atoms. The topological polar surface area (TPSA) is 111 Å². The van der Waals surface area contributed by atoms with Crippen molar-refractivity contribution < 1.29 is 22.7 Å². The maximum atomic E-state index is 13.6. The molecule has 1 saturated heterocycles. The van der Waals surface area contributed by atoms with Gasteiger partial charge in [0.2, 0.25) is 10.0 Å². The smallest absolute Gasteiger partial charge is 0.252 e. The third-order valence-electron chi connectivity index (χ3n) is 7.53. The van der Waals surface area contributed by atoms with E-state index in [0.717, 1.165) is 24.0 Å². The molecule has 2 aromatic heterocycles. The van der Waals surface area contributed by atoms with Gasteiger partial charge in [0.25, 0.3) is 5.91 Å². The van der Waals surface area contributed by atoms with Crippen LogP contribution in [0.4, 0.5) is 0 Å². The number of rotatable bonds is 9. The molecule has 3 heterocycles. The van der Waals surface area contributed by atoms with Crippen LogP contribution in [0.3, 0.4) is 0 Å². The Balaban J connectivity index is 1.46. The van der Waals surface area contributed by atoms with Gasteiger partial charge in [-0.15, -0.1) is 0 Å². The summed E-state index contributed by atoms with van der Waals surface area (Å²) in [5, 5.41) is 3.48. The van der Waals surface area contributed by atoms with E-state index in [9.17, 15) is 13.2 Å².